The molecule has 0 aromatic heterocycles. The highest BCUT2D eigenvalue weighted by Gasteiger charge is 2.33. The summed E-state index contributed by atoms with van der Waals surface area (Å²) in [5.41, 5.74) is -0.393. The smallest absolute Gasteiger partial charge is 0.373 e. The van der Waals surface area contributed by atoms with Crippen LogP contribution >= 0.6 is 0 Å². The summed E-state index contributed by atoms with van der Waals surface area (Å²) in [7, 11) is 0. The Morgan fingerprint density at radius 1 is 1.27 bits per heavy atom. The van der Waals surface area contributed by atoms with Gasteiger partial charge in [-0.25, -0.2) is 4.79 Å². The van der Waals surface area contributed by atoms with Crippen LogP contribution < -0.4 is 15.5 Å². The molecule has 2 fully saturated rings. The van der Waals surface area contributed by atoms with Crippen LogP contribution in [0.4, 0.5) is 29.3 Å². The lowest BCUT2D eigenvalue weighted by atomic mass is 10.0. The average molecular weight is 371 g/mol. The molecule has 2 aliphatic heterocycles. The van der Waals surface area contributed by atoms with E-state index in [9.17, 15) is 18.0 Å². The number of carbonyl (C=O) groups excluding carboxylic acids is 1. The van der Waals surface area contributed by atoms with Gasteiger partial charge in [-0.1, -0.05) is 0 Å². The SMILES string of the molecule is CC1(CNC(=O)Nc2cc(C(F)(F)F)ccc2N2CCCC2)CCCO1. The van der Waals surface area contributed by atoms with Gasteiger partial charge in [0.25, 0.3) is 0 Å². The summed E-state index contributed by atoms with van der Waals surface area (Å²) >= 11 is 0. The van der Waals surface area contributed by atoms with E-state index in [0.29, 0.717) is 18.8 Å². The Morgan fingerprint density at radius 3 is 2.62 bits per heavy atom. The predicted octanol–water partition coefficient (Wildman–Crippen LogP) is 4.00. The summed E-state index contributed by atoms with van der Waals surface area (Å²) in [4.78, 5) is 14.3. The first kappa shape index (κ1) is 18.8. The molecule has 2 saturated heterocycles. The van der Waals surface area contributed by atoms with E-state index in [-0.39, 0.29) is 5.69 Å². The van der Waals surface area contributed by atoms with E-state index in [2.05, 4.69) is 10.6 Å². The third kappa shape index (κ3) is 4.41. The maximum atomic E-state index is 13.1. The second-order valence-corrected chi connectivity index (χ2v) is 7.13. The van der Waals surface area contributed by atoms with Gasteiger partial charge in [0.05, 0.1) is 22.5 Å². The summed E-state index contributed by atoms with van der Waals surface area (Å²) < 4.78 is 44.8. The number of alkyl halides is 3. The van der Waals surface area contributed by atoms with Crippen LogP contribution in [0.15, 0.2) is 18.2 Å². The summed E-state index contributed by atoms with van der Waals surface area (Å²) in [6.07, 6.45) is -0.700. The zero-order valence-corrected chi connectivity index (χ0v) is 14.8. The van der Waals surface area contributed by atoms with Gasteiger partial charge in [-0.2, -0.15) is 13.2 Å². The van der Waals surface area contributed by atoms with E-state index in [1.165, 1.54) is 6.07 Å². The normalized spacial score (nSPS) is 23.3. The van der Waals surface area contributed by atoms with Crippen LogP contribution in [0.25, 0.3) is 0 Å². The standard InChI is InChI=1S/C18H24F3N3O2/c1-17(7-4-10-26-17)12-22-16(25)23-14-11-13(18(19,20)21)5-6-15(14)24-8-2-3-9-24/h5-6,11H,2-4,7-10,12H2,1H3,(H2,22,23,25). The highest BCUT2D eigenvalue weighted by Crippen LogP contribution is 2.36. The molecule has 2 amide bonds. The van der Waals surface area contributed by atoms with Gasteiger partial charge >= 0.3 is 12.2 Å². The first-order valence-electron chi connectivity index (χ1n) is 8.92. The summed E-state index contributed by atoms with van der Waals surface area (Å²) in [6, 6.07) is 2.97. The molecule has 2 aliphatic rings. The quantitative estimate of drug-likeness (QED) is 0.841. The Labute approximate surface area is 150 Å². The topological polar surface area (TPSA) is 53.6 Å². The van der Waals surface area contributed by atoms with Crippen molar-refractivity contribution in [1.82, 2.24) is 5.32 Å². The number of anilines is 2. The molecule has 26 heavy (non-hydrogen) atoms. The zero-order chi connectivity index (χ0) is 18.8. The molecule has 1 atom stereocenters. The van der Waals surface area contributed by atoms with Crippen LogP contribution in [0, 0.1) is 0 Å². The van der Waals surface area contributed by atoms with Crippen LogP contribution in [0.5, 0.6) is 0 Å². The molecule has 8 heteroatoms. The fraction of sp³-hybridized carbons (Fsp3) is 0.611. The number of benzene rings is 1. The van der Waals surface area contributed by atoms with Crippen LogP contribution in [-0.2, 0) is 10.9 Å². The van der Waals surface area contributed by atoms with Crippen molar-refractivity contribution in [2.75, 3.05) is 36.5 Å². The Hall–Kier alpha value is -1.96. The monoisotopic (exact) mass is 371 g/mol. The number of carbonyl (C=O) groups is 1. The lowest BCUT2D eigenvalue weighted by molar-refractivity contribution is -0.137. The van der Waals surface area contributed by atoms with Crippen molar-refractivity contribution in [2.45, 2.75) is 44.4 Å². The van der Waals surface area contributed by atoms with Crippen molar-refractivity contribution in [1.29, 1.82) is 0 Å². The molecular formula is C18H24F3N3O2. The largest absolute Gasteiger partial charge is 0.416 e. The van der Waals surface area contributed by atoms with Gasteiger partial charge < -0.3 is 20.3 Å². The molecular weight excluding hydrogens is 347 g/mol. The highest BCUT2D eigenvalue weighted by molar-refractivity contribution is 5.93. The fourth-order valence-electron chi connectivity index (χ4n) is 3.46. The molecule has 1 aromatic rings. The molecule has 0 bridgehead atoms. The Balaban J connectivity index is 1.74. The second kappa shape index (κ2) is 7.34. The summed E-state index contributed by atoms with van der Waals surface area (Å²) in [6.45, 7) is 4.44. The van der Waals surface area contributed by atoms with Crippen molar-refractivity contribution in [3.8, 4) is 0 Å². The molecule has 1 unspecified atom stereocenters. The maximum Gasteiger partial charge on any atom is 0.416 e. The molecule has 0 spiro atoms. The lowest BCUT2D eigenvalue weighted by Gasteiger charge is -2.25. The molecule has 2 N–H and O–H groups in total. The summed E-state index contributed by atoms with van der Waals surface area (Å²) in [5, 5.41) is 5.31. The minimum Gasteiger partial charge on any atom is -0.373 e. The Kier molecular flexibility index (Phi) is 5.32. The van der Waals surface area contributed by atoms with Crippen molar-refractivity contribution < 1.29 is 22.7 Å². The van der Waals surface area contributed by atoms with Crippen LogP contribution in [0.3, 0.4) is 0 Å². The van der Waals surface area contributed by atoms with Gasteiger partial charge in [-0.3, -0.25) is 0 Å². The molecule has 0 radical (unpaired) electrons. The first-order valence-corrected chi connectivity index (χ1v) is 8.92. The second-order valence-electron chi connectivity index (χ2n) is 7.13. The van der Waals surface area contributed by atoms with E-state index < -0.39 is 23.4 Å². The third-order valence-electron chi connectivity index (χ3n) is 4.94. The number of nitrogens with one attached hydrogen (secondary N) is 2. The van der Waals surface area contributed by atoms with Crippen molar-refractivity contribution >= 4 is 17.4 Å². The summed E-state index contributed by atoms with van der Waals surface area (Å²) in [5.74, 6) is 0. The van der Waals surface area contributed by atoms with Crippen molar-refractivity contribution in [2.24, 2.45) is 0 Å². The third-order valence-corrected chi connectivity index (χ3v) is 4.94. The molecule has 3 rings (SSSR count). The van der Waals surface area contributed by atoms with E-state index in [0.717, 1.165) is 50.9 Å². The number of hydrogen-bond acceptors (Lipinski definition) is 3. The van der Waals surface area contributed by atoms with Crippen LogP contribution in [0.2, 0.25) is 0 Å². The van der Waals surface area contributed by atoms with E-state index in [1.807, 2.05) is 11.8 Å². The van der Waals surface area contributed by atoms with Gasteiger partial charge in [-0.15, -0.1) is 0 Å². The molecule has 0 saturated carbocycles. The number of nitrogens with zero attached hydrogens (tertiary/aromatic N) is 1. The fourth-order valence-corrected chi connectivity index (χ4v) is 3.46. The molecule has 5 nitrogen and oxygen atoms in total. The van der Waals surface area contributed by atoms with Crippen LogP contribution in [0.1, 0.15) is 38.2 Å². The van der Waals surface area contributed by atoms with Gasteiger partial charge in [0, 0.05) is 26.2 Å². The van der Waals surface area contributed by atoms with Gasteiger partial charge in [0.15, 0.2) is 0 Å². The zero-order valence-electron chi connectivity index (χ0n) is 14.8. The number of urea groups is 1. The van der Waals surface area contributed by atoms with E-state index >= 15 is 0 Å². The minimum atomic E-state index is -4.46. The van der Waals surface area contributed by atoms with Crippen molar-refractivity contribution in [3.05, 3.63) is 23.8 Å². The maximum absolute atomic E-state index is 13.1. The molecule has 144 valence electrons. The number of ether oxygens (including phenoxy) is 1. The van der Waals surface area contributed by atoms with E-state index in [4.69, 9.17) is 4.74 Å². The van der Waals surface area contributed by atoms with E-state index in [1.54, 1.807) is 0 Å². The molecule has 0 aliphatic carbocycles. The number of rotatable bonds is 4. The van der Waals surface area contributed by atoms with Gasteiger partial charge in [0.2, 0.25) is 0 Å². The Morgan fingerprint density at radius 2 is 2.00 bits per heavy atom. The molecule has 1 aromatic carbocycles. The van der Waals surface area contributed by atoms with Gasteiger partial charge in [0.1, 0.15) is 0 Å². The highest BCUT2D eigenvalue weighted by atomic mass is 19.4. The van der Waals surface area contributed by atoms with Crippen LogP contribution in [-0.4, -0.2) is 37.9 Å². The predicted molar refractivity (Wildman–Crippen MR) is 93.5 cm³/mol. The van der Waals surface area contributed by atoms with Gasteiger partial charge in [-0.05, 0) is 50.8 Å². The number of hydrogen-bond donors (Lipinski definition) is 2. The number of amides is 2. The average Bonchev–Trinajstić information content (AvgIpc) is 3.24. The Bertz CT molecular complexity index is 652. The first-order chi connectivity index (χ1) is 12.3. The number of halogens is 3. The lowest BCUT2D eigenvalue weighted by Crippen LogP contribution is -2.42. The minimum absolute atomic E-state index is 0.178. The molecule has 2 heterocycles. The van der Waals surface area contributed by atoms with Crippen molar-refractivity contribution in [3.63, 3.8) is 0 Å².